The average Bonchev–Trinajstić information content (AvgIpc) is 2.73. The molecule has 1 saturated heterocycles. The summed E-state index contributed by atoms with van der Waals surface area (Å²) in [6.07, 6.45) is 3.36. The maximum atomic E-state index is 11.1. The van der Waals surface area contributed by atoms with Crippen molar-refractivity contribution in [3.63, 3.8) is 0 Å². The van der Waals surface area contributed by atoms with Gasteiger partial charge in [0.2, 0.25) is 0 Å². The summed E-state index contributed by atoms with van der Waals surface area (Å²) in [6.45, 7) is 2.19. The van der Waals surface area contributed by atoms with E-state index >= 15 is 0 Å². The largest absolute Gasteiger partial charge is 0.385 e. The first-order chi connectivity index (χ1) is 8.20. The second-order valence-corrected chi connectivity index (χ2v) is 5.77. The molecule has 2 fully saturated rings. The van der Waals surface area contributed by atoms with Crippen molar-refractivity contribution in [2.75, 3.05) is 20.1 Å². The van der Waals surface area contributed by atoms with Gasteiger partial charge in [-0.05, 0) is 37.8 Å². The molecule has 2 nitrogen and oxygen atoms in total. The van der Waals surface area contributed by atoms with Crippen LogP contribution in [0.15, 0.2) is 30.3 Å². The Morgan fingerprint density at radius 3 is 2.76 bits per heavy atom. The summed E-state index contributed by atoms with van der Waals surface area (Å²) in [6, 6.07) is 10.3. The number of fused-ring (bicyclic) bond motifs is 1. The molecule has 17 heavy (non-hydrogen) atoms. The fourth-order valence-corrected chi connectivity index (χ4v) is 3.82. The molecule has 0 unspecified atom stereocenters. The van der Waals surface area contributed by atoms with Gasteiger partial charge in [0.15, 0.2) is 0 Å². The van der Waals surface area contributed by atoms with Crippen LogP contribution in [0.3, 0.4) is 0 Å². The smallest absolute Gasteiger partial charge is 0.0939 e. The number of nitrogens with zero attached hydrogens (tertiary/aromatic N) is 1. The molecule has 0 spiro atoms. The topological polar surface area (TPSA) is 23.5 Å². The molecule has 1 N–H and O–H groups in total. The Labute approximate surface area is 103 Å². The van der Waals surface area contributed by atoms with Crippen LogP contribution in [0.5, 0.6) is 0 Å². The van der Waals surface area contributed by atoms with Gasteiger partial charge in [0.05, 0.1) is 5.60 Å². The molecule has 2 aliphatic rings. The Balaban J connectivity index is 1.95. The number of aliphatic hydroxyl groups is 1. The highest BCUT2D eigenvalue weighted by Gasteiger charge is 2.48. The normalized spacial score (nSPS) is 38.0. The number of benzene rings is 1. The molecule has 0 amide bonds. The predicted octanol–water partition coefficient (Wildman–Crippen LogP) is 2.24. The van der Waals surface area contributed by atoms with Crippen LogP contribution in [0, 0.1) is 11.8 Å². The third-order valence-corrected chi connectivity index (χ3v) is 4.64. The van der Waals surface area contributed by atoms with Gasteiger partial charge in [-0.15, -0.1) is 0 Å². The third-order valence-electron chi connectivity index (χ3n) is 4.64. The zero-order valence-corrected chi connectivity index (χ0v) is 10.5. The monoisotopic (exact) mass is 231 g/mol. The third kappa shape index (κ3) is 1.80. The lowest BCUT2D eigenvalue weighted by molar-refractivity contribution is -0.0645. The number of likely N-dealkylation sites (tertiary alicyclic amines) is 1. The van der Waals surface area contributed by atoms with E-state index in [0.717, 1.165) is 31.5 Å². The predicted molar refractivity (Wildman–Crippen MR) is 68.7 cm³/mol. The molecule has 0 radical (unpaired) electrons. The van der Waals surface area contributed by atoms with Crippen molar-refractivity contribution in [2.24, 2.45) is 11.8 Å². The Kier molecular flexibility index (Phi) is 2.72. The number of rotatable bonds is 1. The zero-order chi connectivity index (χ0) is 11.9. The molecule has 3 rings (SSSR count). The van der Waals surface area contributed by atoms with Gasteiger partial charge in [-0.2, -0.15) is 0 Å². The van der Waals surface area contributed by atoms with Crippen LogP contribution in [0.4, 0.5) is 0 Å². The van der Waals surface area contributed by atoms with Gasteiger partial charge >= 0.3 is 0 Å². The lowest BCUT2D eigenvalue weighted by Gasteiger charge is -2.41. The van der Waals surface area contributed by atoms with E-state index in [9.17, 15) is 5.11 Å². The van der Waals surface area contributed by atoms with E-state index in [2.05, 4.69) is 24.1 Å². The maximum Gasteiger partial charge on any atom is 0.0939 e. The fraction of sp³-hybridized carbons (Fsp3) is 0.600. The van der Waals surface area contributed by atoms with E-state index in [1.54, 1.807) is 0 Å². The first-order valence-corrected chi connectivity index (χ1v) is 6.66. The van der Waals surface area contributed by atoms with Gasteiger partial charge in [-0.25, -0.2) is 0 Å². The quantitative estimate of drug-likeness (QED) is 0.801. The fourth-order valence-electron chi connectivity index (χ4n) is 3.82. The SMILES string of the molecule is CN1C[C@H]2CCC[C@](O)(c3ccccc3)[C@@H]2C1. The van der Waals surface area contributed by atoms with Gasteiger partial charge < -0.3 is 10.0 Å². The highest BCUT2D eigenvalue weighted by Crippen LogP contribution is 2.47. The maximum absolute atomic E-state index is 11.1. The van der Waals surface area contributed by atoms with Crippen molar-refractivity contribution < 1.29 is 5.11 Å². The molecule has 1 aromatic carbocycles. The summed E-state index contributed by atoms with van der Waals surface area (Å²) in [5, 5.41) is 11.1. The molecular weight excluding hydrogens is 210 g/mol. The molecule has 0 bridgehead atoms. The van der Waals surface area contributed by atoms with Gasteiger partial charge in [0.25, 0.3) is 0 Å². The second kappa shape index (κ2) is 4.11. The first kappa shape index (κ1) is 11.2. The second-order valence-electron chi connectivity index (χ2n) is 5.77. The van der Waals surface area contributed by atoms with Crippen LogP contribution in [0.25, 0.3) is 0 Å². The van der Waals surface area contributed by atoms with Crippen LogP contribution in [-0.2, 0) is 5.60 Å². The van der Waals surface area contributed by atoms with E-state index in [4.69, 9.17) is 0 Å². The van der Waals surface area contributed by atoms with Crippen molar-refractivity contribution in [1.29, 1.82) is 0 Å². The van der Waals surface area contributed by atoms with Crippen LogP contribution in [0.1, 0.15) is 24.8 Å². The van der Waals surface area contributed by atoms with Crippen molar-refractivity contribution in [1.82, 2.24) is 4.90 Å². The summed E-state index contributed by atoms with van der Waals surface area (Å²) in [5.74, 6) is 1.10. The lowest BCUT2D eigenvalue weighted by atomic mass is 9.67. The Hall–Kier alpha value is -0.860. The number of hydrogen-bond donors (Lipinski definition) is 1. The van der Waals surface area contributed by atoms with E-state index in [1.165, 1.54) is 6.42 Å². The van der Waals surface area contributed by atoms with Crippen LogP contribution < -0.4 is 0 Å². The minimum Gasteiger partial charge on any atom is -0.385 e. The molecule has 1 aliphatic carbocycles. The molecule has 1 heterocycles. The van der Waals surface area contributed by atoms with Crippen LogP contribution >= 0.6 is 0 Å². The van der Waals surface area contributed by atoms with E-state index in [-0.39, 0.29) is 0 Å². The van der Waals surface area contributed by atoms with Crippen LogP contribution in [0.2, 0.25) is 0 Å². The minimum absolute atomic E-state index is 0.420. The molecular formula is C15H21NO. The Bertz CT molecular complexity index is 391. The average molecular weight is 231 g/mol. The minimum atomic E-state index is -0.588. The van der Waals surface area contributed by atoms with Crippen LogP contribution in [-0.4, -0.2) is 30.1 Å². The Morgan fingerprint density at radius 2 is 2.00 bits per heavy atom. The van der Waals surface area contributed by atoms with E-state index in [0.29, 0.717) is 11.8 Å². The van der Waals surface area contributed by atoms with Crippen molar-refractivity contribution >= 4 is 0 Å². The number of hydrogen-bond acceptors (Lipinski definition) is 2. The van der Waals surface area contributed by atoms with E-state index in [1.807, 2.05) is 18.2 Å². The molecule has 1 aliphatic heterocycles. The van der Waals surface area contributed by atoms with Crippen molar-refractivity contribution in [2.45, 2.75) is 24.9 Å². The summed E-state index contributed by atoms with van der Waals surface area (Å²) < 4.78 is 0. The van der Waals surface area contributed by atoms with Gasteiger partial charge in [-0.3, -0.25) is 0 Å². The van der Waals surface area contributed by atoms with Crippen molar-refractivity contribution in [3.05, 3.63) is 35.9 Å². The molecule has 1 aromatic rings. The zero-order valence-electron chi connectivity index (χ0n) is 10.5. The van der Waals surface area contributed by atoms with Gasteiger partial charge in [0, 0.05) is 19.0 Å². The molecule has 1 saturated carbocycles. The molecule has 3 atom stereocenters. The standard InChI is InChI=1S/C15H21NO/c1-16-10-12-6-5-9-15(17,14(12)11-16)13-7-3-2-4-8-13/h2-4,7-8,12,14,17H,5-6,9-11H2,1H3/t12-,14-,15+/m1/s1. The van der Waals surface area contributed by atoms with Crippen molar-refractivity contribution in [3.8, 4) is 0 Å². The first-order valence-electron chi connectivity index (χ1n) is 6.66. The molecule has 0 aromatic heterocycles. The highest BCUT2D eigenvalue weighted by molar-refractivity contribution is 5.25. The van der Waals surface area contributed by atoms with E-state index < -0.39 is 5.60 Å². The lowest BCUT2D eigenvalue weighted by Crippen LogP contribution is -2.42. The molecule has 92 valence electrons. The highest BCUT2D eigenvalue weighted by atomic mass is 16.3. The molecule has 2 heteroatoms. The Morgan fingerprint density at radius 1 is 1.24 bits per heavy atom. The van der Waals surface area contributed by atoms with Gasteiger partial charge in [0.1, 0.15) is 0 Å². The summed E-state index contributed by atoms with van der Waals surface area (Å²) >= 11 is 0. The van der Waals surface area contributed by atoms with Gasteiger partial charge in [-0.1, -0.05) is 30.3 Å². The summed E-state index contributed by atoms with van der Waals surface area (Å²) in [5.41, 5.74) is 0.527. The summed E-state index contributed by atoms with van der Waals surface area (Å²) in [4.78, 5) is 2.37. The summed E-state index contributed by atoms with van der Waals surface area (Å²) in [7, 11) is 2.17.